The van der Waals surface area contributed by atoms with E-state index >= 15 is 0 Å². The first kappa shape index (κ1) is 22.8. The summed E-state index contributed by atoms with van der Waals surface area (Å²) >= 11 is 0. The standard InChI is InChI=1S/C25H34N4O2/c1-6-28(7-2)19(5)23-17-29(25(30)26-21-11-9-8-10-12-21)27-24(23)20-13-15-22(16-14-20)31-18(3)4/h8-16,18-19,23H,6-7,17H2,1-5H3,(H,26,30)/t19?,23-/m1/s1. The molecule has 1 unspecified atom stereocenters. The lowest BCUT2D eigenvalue weighted by Crippen LogP contribution is -2.43. The van der Waals surface area contributed by atoms with E-state index in [1.807, 2.05) is 68.4 Å². The van der Waals surface area contributed by atoms with Gasteiger partial charge in [0.25, 0.3) is 0 Å². The Kier molecular flexibility index (Phi) is 7.69. The van der Waals surface area contributed by atoms with Gasteiger partial charge in [0.1, 0.15) is 5.75 Å². The summed E-state index contributed by atoms with van der Waals surface area (Å²) in [5.74, 6) is 0.961. The van der Waals surface area contributed by atoms with Crippen molar-refractivity contribution in [3.8, 4) is 5.75 Å². The molecule has 1 heterocycles. The number of hydrogen-bond donors (Lipinski definition) is 1. The third-order valence-electron chi connectivity index (χ3n) is 5.70. The van der Waals surface area contributed by atoms with Gasteiger partial charge in [0.05, 0.1) is 18.4 Å². The maximum absolute atomic E-state index is 12.9. The Morgan fingerprint density at radius 1 is 1.10 bits per heavy atom. The van der Waals surface area contributed by atoms with Crippen LogP contribution < -0.4 is 10.1 Å². The first-order valence-corrected chi connectivity index (χ1v) is 11.2. The molecule has 1 N–H and O–H groups in total. The molecule has 3 rings (SSSR count). The van der Waals surface area contributed by atoms with Gasteiger partial charge in [0, 0.05) is 17.6 Å². The van der Waals surface area contributed by atoms with Crippen molar-refractivity contribution >= 4 is 17.4 Å². The number of nitrogens with one attached hydrogen (secondary N) is 1. The van der Waals surface area contributed by atoms with Crippen LogP contribution in [-0.2, 0) is 0 Å². The number of benzene rings is 2. The molecule has 1 aliphatic heterocycles. The van der Waals surface area contributed by atoms with E-state index in [1.54, 1.807) is 5.01 Å². The van der Waals surface area contributed by atoms with Gasteiger partial charge in [0.15, 0.2) is 0 Å². The van der Waals surface area contributed by atoms with Gasteiger partial charge in [-0.3, -0.25) is 0 Å². The number of hydrazone groups is 1. The number of ether oxygens (including phenoxy) is 1. The molecule has 166 valence electrons. The third-order valence-corrected chi connectivity index (χ3v) is 5.70. The largest absolute Gasteiger partial charge is 0.491 e. The predicted octanol–water partition coefficient (Wildman–Crippen LogP) is 5.07. The van der Waals surface area contributed by atoms with Gasteiger partial charge in [-0.05, 0) is 75.8 Å². The molecule has 2 atom stereocenters. The maximum Gasteiger partial charge on any atom is 0.342 e. The van der Waals surface area contributed by atoms with Crippen LogP contribution in [0.15, 0.2) is 59.7 Å². The molecule has 2 amide bonds. The van der Waals surface area contributed by atoms with Gasteiger partial charge in [-0.15, -0.1) is 0 Å². The SMILES string of the molecule is CCN(CC)C(C)[C@H]1CN(C(=O)Nc2ccccc2)N=C1c1ccc(OC(C)C)cc1. The molecule has 0 bridgehead atoms. The highest BCUT2D eigenvalue weighted by molar-refractivity contribution is 6.05. The van der Waals surface area contributed by atoms with Crippen LogP contribution in [0, 0.1) is 5.92 Å². The number of amides is 2. The van der Waals surface area contributed by atoms with E-state index in [4.69, 9.17) is 9.84 Å². The molecule has 0 fully saturated rings. The molecule has 1 aliphatic rings. The summed E-state index contributed by atoms with van der Waals surface area (Å²) < 4.78 is 5.78. The minimum absolute atomic E-state index is 0.123. The maximum atomic E-state index is 12.9. The Labute approximate surface area is 185 Å². The van der Waals surface area contributed by atoms with Gasteiger partial charge in [-0.2, -0.15) is 5.10 Å². The topological polar surface area (TPSA) is 57.2 Å². The first-order chi connectivity index (χ1) is 14.9. The molecule has 6 heteroatoms. The zero-order valence-electron chi connectivity index (χ0n) is 19.2. The van der Waals surface area contributed by atoms with Gasteiger partial charge >= 0.3 is 6.03 Å². The molecule has 0 aliphatic carbocycles. The zero-order chi connectivity index (χ0) is 22.4. The molecule has 0 aromatic heterocycles. The van der Waals surface area contributed by atoms with E-state index in [-0.39, 0.29) is 24.1 Å². The van der Waals surface area contributed by atoms with E-state index in [2.05, 4.69) is 31.0 Å². The summed E-state index contributed by atoms with van der Waals surface area (Å²) in [7, 11) is 0. The number of carbonyl (C=O) groups is 1. The summed E-state index contributed by atoms with van der Waals surface area (Å²) in [6.07, 6.45) is 0.127. The van der Waals surface area contributed by atoms with Gasteiger partial charge in [-0.1, -0.05) is 32.0 Å². The predicted molar refractivity (Wildman–Crippen MR) is 127 cm³/mol. The fourth-order valence-electron chi connectivity index (χ4n) is 4.04. The summed E-state index contributed by atoms with van der Waals surface area (Å²) in [6.45, 7) is 13.1. The minimum atomic E-state index is -0.210. The summed E-state index contributed by atoms with van der Waals surface area (Å²) in [6, 6.07) is 17.6. The van der Waals surface area contributed by atoms with E-state index in [0.29, 0.717) is 6.54 Å². The van der Waals surface area contributed by atoms with Crippen molar-refractivity contribution in [2.24, 2.45) is 11.0 Å². The summed E-state index contributed by atoms with van der Waals surface area (Å²) in [4.78, 5) is 15.3. The molecule has 2 aromatic rings. The number of para-hydroxylation sites is 1. The second-order valence-electron chi connectivity index (χ2n) is 8.12. The quantitative estimate of drug-likeness (QED) is 0.646. The van der Waals surface area contributed by atoms with Gasteiger partial charge < -0.3 is 15.0 Å². The van der Waals surface area contributed by atoms with Crippen LogP contribution >= 0.6 is 0 Å². The molecule has 31 heavy (non-hydrogen) atoms. The van der Waals surface area contributed by atoms with Crippen LogP contribution in [0.5, 0.6) is 5.75 Å². The van der Waals surface area contributed by atoms with E-state index in [9.17, 15) is 4.79 Å². The fourth-order valence-corrected chi connectivity index (χ4v) is 4.04. The van der Waals surface area contributed by atoms with Crippen LogP contribution in [0.2, 0.25) is 0 Å². The highest BCUT2D eigenvalue weighted by Crippen LogP contribution is 2.27. The second kappa shape index (κ2) is 10.4. The molecule has 2 aromatic carbocycles. The smallest absolute Gasteiger partial charge is 0.342 e. The summed E-state index contributed by atoms with van der Waals surface area (Å²) in [5, 5.41) is 9.28. The Morgan fingerprint density at radius 3 is 2.32 bits per heavy atom. The van der Waals surface area contributed by atoms with E-state index < -0.39 is 0 Å². The third kappa shape index (κ3) is 5.64. The number of anilines is 1. The van der Waals surface area contributed by atoms with Crippen molar-refractivity contribution in [2.75, 3.05) is 25.0 Å². The lowest BCUT2D eigenvalue weighted by atomic mass is 9.90. The van der Waals surface area contributed by atoms with Crippen LogP contribution in [0.1, 0.15) is 40.2 Å². The Hall–Kier alpha value is -2.86. The van der Waals surface area contributed by atoms with Crippen molar-refractivity contribution in [1.82, 2.24) is 9.91 Å². The molecular formula is C25H34N4O2. The second-order valence-corrected chi connectivity index (χ2v) is 8.12. The lowest BCUT2D eigenvalue weighted by Gasteiger charge is -2.31. The number of rotatable bonds is 8. The van der Waals surface area contributed by atoms with E-state index in [0.717, 1.165) is 35.8 Å². The average Bonchev–Trinajstić information content (AvgIpc) is 3.21. The highest BCUT2D eigenvalue weighted by atomic mass is 16.5. The highest BCUT2D eigenvalue weighted by Gasteiger charge is 2.36. The lowest BCUT2D eigenvalue weighted by molar-refractivity contribution is 0.178. The van der Waals surface area contributed by atoms with Crippen molar-refractivity contribution in [3.05, 3.63) is 60.2 Å². The Bertz CT molecular complexity index is 876. The number of hydrogen-bond acceptors (Lipinski definition) is 4. The van der Waals surface area contributed by atoms with Crippen LogP contribution in [0.25, 0.3) is 0 Å². The molecule has 6 nitrogen and oxygen atoms in total. The Morgan fingerprint density at radius 2 is 1.74 bits per heavy atom. The zero-order valence-corrected chi connectivity index (χ0v) is 19.2. The van der Waals surface area contributed by atoms with Gasteiger partial charge in [-0.25, -0.2) is 9.80 Å². The fraction of sp³-hybridized carbons (Fsp3) is 0.440. The van der Waals surface area contributed by atoms with Crippen LogP contribution in [-0.4, -0.2) is 53.4 Å². The summed E-state index contributed by atoms with van der Waals surface area (Å²) in [5.41, 5.74) is 2.73. The molecule has 0 radical (unpaired) electrons. The normalized spacial score (nSPS) is 17.1. The van der Waals surface area contributed by atoms with Crippen LogP contribution in [0.3, 0.4) is 0 Å². The van der Waals surface area contributed by atoms with Crippen LogP contribution in [0.4, 0.5) is 10.5 Å². The number of urea groups is 1. The molecule has 0 saturated heterocycles. The van der Waals surface area contributed by atoms with Crippen molar-refractivity contribution in [2.45, 2.75) is 46.8 Å². The van der Waals surface area contributed by atoms with Crippen molar-refractivity contribution in [1.29, 1.82) is 0 Å². The number of nitrogens with zero attached hydrogens (tertiary/aromatic N) is 3. The van der Waals surface area contributed by atoms with Crippen molar-refractivity contribution in [3.63, 3.8) is 0 Å². The minimum Gasteiger partial charge on any atom is -0.491 e. The average molecular weight is 423 g/mol. The van der Waals surface area contributed by atoms with Gasteiger partial charge in [0.2, 0.25) is 0 Å². The van der Waals surface area contributed by atoms with Crippen molar-refractivity contribution < 1.29 is 9.53 Å². The molecular weight excluding hydrogens is 388 g/mol. The monoisotopic (exact) mass is 422 g/mol. The number of carbonyl (C=O) groups excluding carboxylic acids is 1. The Balaban J connectivity index is 1.86. The molecule has 0 spiro atoms. The first-order valence-electron chi connectivity index (χ1n) is 11.2. The van der Waals surface area contributed by atoms with E-state index in [1.165, 1.54) is 0 Å². The molecule has 0 saturated carbocycles.